The van der Waals surface area contributed by atoms with Crippen molar-refractivity contribution in [2.24, 2.45) is 0 Å². The molecular formula is C98H86BrNO4. The lowest BCUT2D eigenvalue weighted by Gasteiger charge is -2.41. The van der Waals surface area contributed by atoms with Crippen LogP contribution in [0.25, 0.3) is 100 Å². The molecule has 14 aromatic carbocycles. The van der Waals surface area contributed by atoms with Gasteiger partial charge in [-0.2, -0.15) is 0 Å². The topological polar surface area (TPSA) is 58.9 Å². The van der Waals surface area contributed by atoms with E-state index in [1.807, 2.05) is 0 Å². The Labute approximate surface area is 624 Å². The molecule has 104 heavy (non-hydrogen) atoms. The number of ether oxygens (including phenoxy) is 2. The second kappa shape index (κ2) is 30.9. The van der Waals surface area contributed by atoms with E-state index in [-0.39, 0.29) is 17.0 Å². The van der Waals surface area contributed by atoms with Crippen LogP contribution >= 0.6 is 0 Å². The molecule has 1 aliphatic heterocycles. The third-order valence-corrected chi connectivity index (χ3v) is 21.2. The van der Waals surface area contributed by atoms with Gasteiger partial charge in [-0.05, 0) is 209 Å². The molecule has 2 N–H and O–H groups in total. The Kier molecular flexibility index (Phi) is 20.8. The highest BCUT2D eigenvalue weighted by Gasteiger charge is 2.47. The van der Waals surface area contributed by atoms with Gasteiger partial charge in [0, 0.05) is 33.4 Å². The van der Waals surface area contributed by atoms with Gasteiger partial charge in [-0.1, -0.05) is 281 Å². The van der Waals surface area contributed by atoms with Gasteiger partial charge < -0.3 is 41.2 Å². The molecule has 0 saturated heterocycles. The number of hydrogen-bond acceptors (Lipinski definition) is 4. The monoisotopic (exact) mass is 1420 g/mol. The molecule has 0 spiro atoms. The Morgan fingerprint density at radius 1 is 0.279 bits per heavy atom. The molecule has 15 rings (SSSR count). The molecule has 0 atom stereocenters. The lowest BCUT2D eigenvalue weighted by Crippen LogP contribution is -3.00. The molecule has 0 aliphatic carbocycles. The van der Waals surface area contributed by atoms with Crippen LogP contribution in [-0.2, 0) is 24.3 Å². The van der Waals surface area contributed by atoms with Crippen LogP contribution in [0.5, 0.6) is 11.5 Å². The van der Waals surface area contributed by atoms with Crippen LogP contribution in [-0.4, -0.2) is 42.0 Å². The molecule has 0 bridgehead atoms. The van der Waals surface area contributed by atoms with Crippen molar-refractivity contribution in [1.82, 2.24) is 0 Å². The van der Waals surface area contributed by atoms with Crippen molar-refractivity contribution in [2.45, 2.75) is 63.8 Å². The van der Waals surface area contributed by atoms with E-state index in [9.17, 15) is 0 Å². The average molecular weight is 1420 g/mol. The van der Waals surface area contributed by atoms with E-state index in [0.717, 1.165) is 161 Å². The number of benzene rings is 14. The van der Waals surface area contributed by atoms with E-state index in [2.05, 4.69) is 354 Å². The van der Waals surface area contributed by atoms with Gasteiger partial charge in [0.05, 0.1) is 27.3 Å². The maximum atomic E-state index is 15.9. The molecule has 0 amide bonds. The minimum absolute atomic E-state index is 0. The summed E-state index contributed by atoms with van der Waals surface area (Å²) in [5.41, 5.74) is 20.1. The molecule has 514 valence electrons. The van der Waals surface area contributed by atoms with E-state index in [0.29, 0.717) is 51.3 Å². The minimum atomic E-state index is -1.88. The first-order valence-corrected chi connectivity index (χ1v) is 36.3. The van der Waals surface area contributed by atoms with Crippen LogP contribution < -0.4 is 26.5 Å². The zero-order chi connectivity index (χ0) is 70.3. The van der Waals surface area contributed by atoms with Crippen molar-refractivity contribution >= 4 is 0 Å². The van der Waals surface area contributed by atoms with Crippen LogP contribution in [0, 0.1) is 0 Å². The van der Waals surface area contributed by atoms with Crippen molar-refractivity contribution in [2.75, 3.05) is 27.3 Å². The fraction of sp³-hybridized carbons (Fsp3) is 0.143. The fourth-order valence-corrected chi connectivity index (χ4v) is 16.0. The van der Waals surface area contributed by atoms with E-state index in [4.69, 9.17) is 9.47 Å². The number of rotatable bonds is 22. The van der Waals surface area contributed by atoms with E-state index in [1.165, 1.54) is 0 Å². The molecule has 1 aliphatic rings. The highest BCUT2D eigenvalue weighted by Crippen LogP contribution is 2.56. The first kappa shape index (κ1) is 70.1. The maximum absolute atomic E-state index is 15.9. The van der Waals surface area contributed by atoms with Crippen LogP contribution in [0.4, 0.5) is 0 Å². The standard InChI is InChI=1S/C98H86NO4.BrH/c1-5-7-53-99(54-8-6-2)67-89-91(97(100,85-59-77(69-33-17-9-18-34-69)55-78(60-85)70-35-19-10-20-36-70)86-61-79(71-37-21-11-22-38-71)56-80(62-86)72-39-23-12-24-40-72)49-51-93(102-3)95(89)96-90(68-99)92(50-52-94(96)103-4)98(101,87-63-81(73-41-25-13-26-42-73)57-82(64-87)74-43-27-14-28-44-74)88-65-83(75-45-29-15-30-46-75)58-84(66-88)76-47-31-16-32-48-76;/h9-52,55-66,100-101H,5-8,53-54,67-68H2,1-4H3;1H/q+1;/p-1. The Morgan fingerprint density at radius 2 is 0.481 bits per heavy atom. The smallest absolute Gasteiger partial charge is 0.141 e. The molecule has 0 saturated carbocycles. The third kappa shape index (κ3) is 13.8. The zero-order valence-corrected chi connectivity index (χ0v) is 61.1. The van der Waals surface area contributed by atoms with Crippen molar-refractivity contribution in [3.8, 4) is 112 Å². The van der Waals surface area contributed by atoms with Crippen molar-refractivity contribution < 1.29 is 41.2 Å². The van der Waals surface area contributed by atoms with Gasteiger partial charge in [-0.25, -0.2) is 0 Å². The molecule has 0 fully saturated rings. The van der Waals surface area contributed by atoms with Crippen molar-refractivity contribution in [3.63, 3.8) is 0 Å². The normalized spacial score (nSPS) is 12.5. The molecule has 6 heteroatoms. The highest BCUT2D eigenvalue weighted by molar-refractivity contribution is 5.88. The second-order valence-corrected chi connectivity index (χ2v) is 27.7. The number of aliphatic hydroxyl groups is 2. The summed E-state index contributed by atoms with van der Waals surface area (Å²) in [4.78, 5) is 0. The van der Waals surface area contributed by atoms with E-state index < -0.39 is 11.2 Å². The SMILES string of the molecule is CCCC[N+]1(CCCC)Cc2c(C(O)(c3cc(-c4ccccc4)cc(-c4ccccc4)c3)c3cc(-c4ccccc4)cc(-c4ccccc4)c3)ccc(OC)c2-c2c(OC)ccc(C(O)(c3cc(-c4ccccc4)cc(-c4ccccc4)c3)c3cc(-c4ccccc4)cc(-c4ccccc4)c3)c2C1.[Br-]. The van der Waals surface area contributed by atoms with Gasteiger partial charge >= 0.3 is 0 Å². The molecule has 0 radical (unpaired) electrons. The fourth-order valence-electron chi connectivity index (χ4n) is 16.0. The Balaban J connectivity index is 0.00000913. The summed E-state index contributed by atoms with van der Waals surface area (Å²) in [5, 5.41) is 31.7. The summed E-state index contributed by atoms with van der Waals surface area (Å²) in [6.07, 6.45) is 3.78. The first-order chi connectivity index (χ1) is 50.6. The van der Waals surface area contributed by atoms with Crippen molar-refractivity contribution in [3.05, 3.63) is 384 Å². The van der Waals surface area contributed by atoms with Crippen LogP contribution in [0.2, 0.25) is 0 Å². The molecular weight excluding hydrogens is 1330 g/mol. The molecule has 14 aromatic rings. The van der Waals surface area contributed by atoms with Crippen LogP contribution in [0.3, 0.4) is 0 Å². The predicted octanol–water partition coefficient (Wildman–Crippen LogP) is 20.7. The summed E-state index contributed by atoms with van der Waals surface area (Å²) in [6, 6.07) is 120. The van der Waals surface area contributed by atoms with Crippen LogP contribution in [0.1, 0.15) is 84.0 Å². The van der Waals surface area contributed by atoms with Gasteiger partial charge in [0.25, 0.3) is 0 Å². The summed E-state index contributed by atoms with van der Waals surface area (Å²) in [5.74, 6) is 1.27. The van der Waals surface area contributed by atoms with Crippen LogP contribution in [0.15, 0.2) is 340 Å². The Hall–Kier alpha value is -11.0. The number of hydrogen-bond donors (Lipinski definition) is 2. The van der Waals surface area contributed by atoms with Gasteiger partial charge in [0.2, 0.25) is 0 Å². The van der Waals surface area contributed by atoms with Gasteiger partial charge in [0.1, 0.15) is 35.8 Å². The highest BCUT2D eigenvalue weighted by atomic mass is 79.9. The number of methoxy groups -OCH3 is 2. The maximum Gasteiger partial charge on any atom is 0.141 e. The number of halogens is 1. The zero-order valence-electron chi connectivity index (χ0n) is 59.5. The number of unbranched alkanes of at least 4 members (excludes halogenated alkanes) is 2. The minimum Gasteiger partial charge on any atom is -1.00 e. The summed E-state index contributed by atoms with van der Waals surface area (Å²) in [7, 11) is 3.53. The molecule has 0 unspecified atom stereocenters. The molecule has 1 heterocycles. The number of fused-ring (bicyclic) bond motifs is 3. The van der Waals surface area contributed by atoms with Crippen molar-refractivity contribution in [1.29, 1.82) is 0 Å². The predicted molar refractivity (Wildman–Crippen MR) is 426 cm³/mol. The average Bonchev–Trinajstić information content (AvgIpc) is 1.35. The largest absolute Gasteiger partial charge is 1.00 e. The first-order valence-electron chi connectivity index (χ1n) is 36.3. The molecule has 5 nitrogen and oxygen atoms in total. The quantitative estimate of drug-likeness (QED) is 0.0524. The lowest BCUT2D eigenvalue weighted by molar-refractivity contribution is -0.953. The van der Waals surface area contributed by atoms with Gasteiger partial charge in [-0.3, -0.25) is 0 Å². The lowest BCUT2D eigenvalue weighted by atomic mass is 9.72. The summed E-state index contributed by atoms with van der Waals surface area (Å²) < 4.78 is 14.4. The third-order valence-electron chi connectivity index (χ3n) is 21.2. The van der Waals surface area contributed by atoms with E-state index >= 15 is 10.2 Å². The number of nitrogens with zero attached hydrogens (tertiary/aromatic N) is 1. The van der Waals surface area contributed by atoms with Gasteiger partial charge in [0.15, 0.2) is 0 Å². The summed E-state index contributed by atoms with van der Waals surface area (Å²) in [6.45, 7) is 7.23. The van der Waals surface area contributed by atoms with Gasteiger partial charge in [-0.15, -0.1) is 0 Å². The number of quaternary nitrogens is 1. The van der Waals surface area contributed by atoms with E-state index in [1.54, 1.807) is 14.2 Å². The second-order valence-electron chi connectivity index (χ2n) is 27.7. The summed E-state index contributed by atoms with van der Waals surface area (Å²) >= 11 is 0. The Morgan fingerprint density at radius 3 is 0.663 bits per heavy atom. The molecule has 0 aromatic heterocycles. The Bertz CT molecular complexity index is 4450.